The zero-order valence-electron chi connectivity index (χ0n) is 11.8. The molecule has 0 amide bonds. The maximum atomic E-state index is 12.7. The fourth-order valence-electron chi connectivity index (χ4n) is 1.96. The molecule has 1 aromatic rings. The molecule has 1 aliphatic rings. The molecule has 0 spiro atoms. The number of hydrogen-bond acceptors (Lipinski definition) is 3. The third-order valence-electron chi connectivity index (χ3n) is 3.19. The normalized spacial score (nSPS) is 16.8. The van der Waals surface area contributed by atoms with Gasteiger partial charge in [-0.2, -0.15) is 13.2 Å². The Labute approximate surface area is 125 Å². The molecule has 0 radical (unpaired) electrons. The molecular formula is C14H18F4N2O2. The lowest BCUT2D eigenvalue weighted by molar-refractivity contribution is -0.192. The van der Waals surface area contributed by atoms with Crippen LogP contribution in [0.3, 0.4) is 0 Å². The molecule has 22 heavy (non-hydrogen) atoms. The predicted octanol–water partition coefficient (Wildman–Crippen LogP) is 2.38. The topological polar surface area (TPSA) is 66.6 Å². The standard InChI is InChI=1S/C12H17FN2.C2HF3O2/c13-11-3-1-10(2-4-11)9-15-7-5-12(14)6-8-15;3-2(4,5)1(6)7/h1-4,12H,5-9,14H2;(H,6,7). The van der Waals surface area contributed by atoms with Crippen LogP contribution in [0.1, 0.15) is 18.4 Å². The summed E-state index contributed by atoms with van der Waals surface area (Å²) < 4.78 is 44.4. The quantitative estimate of drug-likeness (QED) is 0.821. The Morgan fingerprint density at radius 3 is 2.09 bits per heavy atom. The van der Waals surface area contributed by atoms with E-state index in [9.17, 15) is 17.6 Å². The smallest absolute Gasteiger partial charge is 0.475 e. The van der Waals surface area contributed by atoms with Gasteiger partial charge in [-0.1, -0.05) is 12.1 Å². The molecule has 1 aliphatic heterocycles. The summed E-state index contributed by atoms with van der Waals surface area (Å²) in [6.45, 7) is 3.02. The Bertz CT molecular complexity index is 469. The average molecular weight is 322 g/mol. The van der Waals surface area contributed by atoms with Crippen molar-refractivity contribution >= 4 is 5.97 Å². The molecular weight excluding hydrogens is 304 g/mol. The monoisotopic (exact) mass is 322 g/mol. The molecule has 1 aromatic carbocycles. The van der Waals surface area contributed by atoms with E-state index in [4.69, 9.17) is 15.6 Å². The van der Waals surface area contributed by atoms with Gasteiger partial charge in [0.25, 0.3) is 0 Å². The van der Waals surface area contributed by atoms with Crippen LogP contribution in [0.25, 0.3) is 0 Å². The van der Waals surface area contributed by atoms with Gasteiger partial charge >= 0.3 is 12.1 Å². The molecule has 1 saturated heterocycles. The van der Waals surface area contributed by atoms with Gasteiger partial charge in [-0.3, -0.25) is 4.90 Å². The van der Waals surface area contributed by atoms with Crippen molar-refractivity contribution in [2.24, 2.45) is 5.73 Å². The van der Waals surface area contributed by atoms with Crippen molar-refractivity contribution < 1.29 is 27.5 Å². The van der Waals surface area contributed by atoms with Crippen molar-refractivity contribution in [3.8, 4) is 0 Å². The van der Waals surface area contributed by atoms with E-state index in [1.165, 1.54) is 17.7 Å². The second-order valence-electron chi connectivity index (χ2n) is 5.04. The lowest BCUT2D eigenvalue weighted by Crippen LogP contribution is -2.39. The van der Waals surface area contributed by atoms with Gasteiger partial charge in [-0.25, -0.2) is 9.18 Å². The second-order valence-corrected chi connectivity index (χ2v) is 5.04. The molecule has 0 aromatic heterocycles. The lowest BCUT2D eigenvalue weighted by Gasteiger charge is -2.29. The highest BCUT2D eigenvalue weighted by atomic mass is 19.4. The number of rotatable bonds is 2. The number of nitrogens with zero attached hydrogens (tertiary/aromatic N) is 1. The first-order valence-corrected chi connectivity index (χ1v) is 6.71. The number of carboxylic acids is 1. The number of aliphatic carboxylic acids is 1. The maximum absolute atomic E-state index is 12.7. The number of piperidine rings is 1. The number of carbonyl (C=O) groups is 1. The fourth-order valence-corrected chi connectivity index (χ4v) is 1.96. The average Bonchev–Trinajstić information content (AvgIpc) is 2.43. The number of likely N-dealkylation sites (tertiary alicyclic amines) is 1. The number of halogens is 4. The van der Waals surface area contributed by atoms with Gasteiger partial charge in [0.2, 0.25) is 0 Å². The summed E-state index contributed by atoms with van der Waals surface area (Å²) in [5.74, 6) is -2.92. The summed E-state index contributed by atoms with van der Waals surface area (Å²) in [7, 11) is 0. The Morgan fingerprint density at radius 2 is 1.68 bits per heavy atom. The van der Waals surface area contributed by atoms with Crippen molar-refractivity contribution in [2.75, 3.05) is 13.1 Å². The number of benzene rings is 1. The highest BCUT2D eigenvalue weighted by Crippen LogP contribution is 2.13. The van der Waals surface area contributed by atoms with Crippen LogP contribution < -0.4 is 5.73 Å². The summed E-state index contributed by atoms with van der Waals surface area (Å²) in [5, 5.41) is 7.12. The van der Waals surface area contributed by atoms with Crippen LogP contribution in [0.2, 0.25) is 0 Å². The van der Waals surface area contributed by atoms with E-state index in [1.807, 2.05) is 12.1 Å². The van der Waals surface area contributed by atoms with Gasteiger partial charge in [0.1, 0.15) is 5.82 Å². The fraction of sp³-hybridized carbons (Fsp3) is 0.500. The van der Waals surface area contributed by atoms with Gasteiger partial charge in [0.05, 0.1) is 0 Å². The van der Waals surface area contributed by atoms with Crippen LogP contribution in [-0.4, -0.2) is 41.3 Å². The number of alkyl halides is 3. The lowest BCUT2D eigenvalue weighted by atomic mass is 10.1. The van der Waals surface area contributed by atoms with E-state index in [2.05, 4.69) is 4.90 Å². The van der Waals surface area contributed by atoms with Crippen molar-refractivity contribution in [3.63, 3.8) is 0 Å². The first-order chi connectivity index (χ1) is 10.2. The summed E-state index contributed by atoms with van der Waals surface area (Å²) in [6, 6.07) is 7.11. The van der Waals surface area contributed by atoms with Crippen molar-refractivity contribution in [3.05, 3.63) is 35.6 Å². The summed E-state index contributed by atoms with van der Waals surface area (Å²) in [6.07, 6.45) is -2.94. The van der Waals surface area contributed by atoms with E-state index in [1.54, 1.807) is 0 Å². The second kappa shape index (κ2) is 8.09. The first-order valence-electron chi connectivity index (χ1n) is 6.71. The molecule has 8 heteroatoms. The van der Waals surface area contributed by atoms with Gasteiger partial charge in [-0.05, 0) is 43.6 Å². The van der Waals surface area contributed by atoms with Crippen LogP contribution in [0.15, 0.2) is 24.3 Å². The van der Waals surface area contributed by atoms with Gasteiger partial charge in [0.15, 0.2) is 0 Å². The molecule has 0 aliphatic carbocycles. The van der Waals surface area contributed by atoms with E-state index >= 15 is 0 Å². The van der Waals surface area contributed by atoms with Crippen molar-refractivity contribution in [2.45, 2.75) is 31.6 Å². The highest BCUT2D eigenvalue weighted by molar-refractivity contribution is 5.73. The molecule has 0 atom stereocenters. The molecule has 124 valence electrons. The van der Waals surface area contributed by atoms with E-state index in [-0.39, 0.29) is 5.82 Å². The Kier molecular flexibility index (Phi) is 6.76. The van der Waals surface area contributed by atoms with E-state index in [0.29, 0.717) is 6.04 Å². The number of hydrogen-bond donors (Lipinski definition) is 2. The molecule has 4 nitrogen and oxygen atoms in total. The minimum Gasteiger partial charge on any atom is -0.475 e. The van der Waals surface area contributed by atoms with Gasteiger partial charge < -0.3 is 10.8 Å². The van der Waals surface area contributed by atoms with Gasteiger partial charge in [-0.15, -0.1) is 0 Å². The van der Waals surface area contributed by atoms with Crippen LogP contribution in [0.4, 0.5) is 17.6 Å². The van der Waals surface area contributed by atoms with Crippen molar-refractivity contribution in [1.29, 1.82) is 0 Å². The zero-order valence-corrected chi connectivity index (χ0v) is 11.8. The number of nitrogens with two attached hydrogens (primary N) is 1. The third-order valence-corrected chi connectivity index (χ3v) is 3.19. The van der Waals surface area contributed by atoms with Crippen LogP contribution in [0.5, 0.6) is 0 Å². The molecule has 0 saturated carbocycles. The molecule has 0 bridgehead atoms. The van der Waals surface area contributed by atoms with Crippen LogP contribution in [0, 0.1) is 5.82 Å². The van der Waals surface area contributed by atoms with Crippen molar-refractivity contribution in [1.82, 2.24) is 4.90 Å². The number of carboxylic acid groups (broad SMARTS) is 1. The zero-order chi connectivity index (χ0) is 16.8. The van der Waals surface area contributed by atoms with E-state index in [0.717, 1.165) is 32.5 Å². The largest absolute Gasteiger partial charge is 0.490 e. The minimum absolute atomic E-state index is 0.167. The minimum atomic E-state index is -5.08. The summed E-state index contributed by atoms with van der Waals surface area (Å²) in [4.78, 5) is 11.3. The van der Waals surface area contributed by atoms with Crippen LogP contribution in [-0.2, 0) is 11.3 Å². The highest BCUT2D eigenvalue weighted by Gasteiger charge is 2.38. The first kappa shape index (κ1) is 18.4. The summed E-state index contributed by atoms with van der Waals surface area (Å²) >= 11 is 0. The molecule has 0 unspecified atom stereocenters. The van der Waals surface area contributed by atoms with E-state index < -0.39 is 12.1 Å². The Morgan fingerprint density at radius 1 is 1.23 bits per heavy atom. The predicted molar refractivity (Wildman–Crippen MR) is 72.6 cm³/mol. The van der Waals surface area contributed by atoms with Crippen LogP contribution >= 0.6 is 0 Å². The maximum Gasteiger partial charge on any atom is 0.490 e. The third kappa shape index (κ3) is 6.86. The molecule has 3 N–H and O–H groups in total. The summed E-state index contributed by atoms with van der Waals surface area (Å²) in [5.41, 5.74) is 7.01. The molecule has 2 rings (SSSR count). The molecule has 1 heterocycles. The van der Waals surface area contributed by atoms with Gasteiger partial charge in [0, 0.05) is 12.6 Å². The Hall–Kier alpha value is -1.67. The SMILES string of the molecule is NC1CCN(Cc2ccc(F)cc2)CC1.O=C(O)C(F)(F)F. The molecule has 1 fully saturated rings. The Balaban J connectivity index is 0.000000295.